The van der Waals surface area contributed by atoms with E-state index in [1.165, 1.54) is 18.6 Å². The molecule has 0 aromatic carbocycles. The average molecular weight is 269 g/mol. The van der Waals surface area contributed by atoms with Gasteiger partial charge < -0.3 is 9.64 Å². The summed E-state index contributed by atoms with van der Waals surface area (Å²) >= 11 is 1.41. The molecule has 2 heterocycles. The molecule has 18 heavy (non-hydrogen) atoms. The summed E-state index contributed by atoms with van der Waals surface area (Å²) in [5.41, 5.74) is -0.0315. The van der Waals surface area contributed by atoms with E-state index in [-0.39, 0.29) is 17.3 Å². The first-order valence-corrected chi connectivity index (χ1v) is 6.86. The zero-order valence-electron chi connectivity index (χ0n) is 11.3. The Labute approximate surface area is 111 Å². The number of methoxy groups -OCH3 is 1. The number of carbonyl (C=O) groups is 1. The molecule has 1 unspecified atom stereocenters. The van der Waals surface area contributed by atoms with Gasteiger partial charge in [-0.1, -0.05) is 20.8 Å². The molecule has 0 amide bonds. The second-order valence-corrected chi connectivity index (χ2v) is 6.34. The minimum atomic E-state index is -0.127. The van der Waals surface area contributed by atoms with Gasteiger partial charge in [-0.3, -0.25) is 4.79 Å². The summed E-state index contributed by atoms with van der Waals surface area (Å²) in [4.78, 5) is 18.2. The maximum atomic E-state index is 11.5. The molecule has 1 aliphatic rings. The van der Waals surface area contributed by atoms with Crippen molar-refractivity contribution in [3.63, 3.8) is 0 Å². The maximum Gasteiger partial charge on any atom is 0.310 e. The van der Waals surface area contributed by atoms with Crippen molar-refractivity contribution in [1.82, 2.24) is 9.36 Å². The van der Waals surface area contributed by atoms with Gasteiger partial charge in [-0.15, -0.1) is 0 Å². The molecule has 1 saturated heterocycles. The van der Waals surface area contributed by atoms with E-state index in [1.54, 1.807) is 0 Å². The molecule has 0 radical (unpaired) electrons. The second kappa shape index (κ2) is 4.84. The topological polar surface area (TPSA) is 55.3 Å². The van der Waals surface area contributed by atoms with Crippen molar-refractivity contribution >= 4 is 22.6 Å². The van der Waals surface area contributed by atoms with Crippen LogP contribution >= 0.6 is 11.5 Å². The third-order valence-corrected chi connectivity index (χ3v) is 3.86. The van der Waals surface area contributed by atoms with Crippen LogP contribution in [0.2, 0.25) is 0 Å². The minimum Gasteiger partial charge on any atom is -0.469 e. The molecule has 1 aromatic heterocycles. The molecule has 1 aliphatic heterocycles. The van der Waals surface area contributed by atoms with Crippen LogP contribution in [0, 0.1) is 5.92 Å². The van der Waals surface area contributed by atoms with E-state index in [0.29, 0.717) is 6.54 Å². The molecule has 1 fully saturated rings. The van der Waals surface area contributed by atoms with E-state index < -0.39 is 0 Å². The zero-order valence-corrected chi connectivity index (χ0v) is 12.1. The molecule has 6 heteroatoms. The van der Waals surface area contributed by atoms with E-state index in [0.717, 1.165) is 23.9 Å². The number of hydrogen-bond donors (Lipinski definition) is 0. The summed E-state index contributed by atoms with van der Waals surface area (Å²) < 4.78 is 9.17. The first-order chi connectivity index (χ1) is 8.41. The Kier molecular flexibility index (Phi) is 3.56. The number of rotatable bonds is 2. The Hall–Kier alpha value is -1.17. The minimum absolute atomic E-state index is 0.0306. The molecular formula is C12H19N3O2S. The highest BCUT2D eigenvalue weighted by atomic mass is 32.1. The van der Waals surface area contributed by atoms with Crippen molar-refractivity contribution in [3.05, 3.63) is 5.82 Å². The maximum absolute atomic E-state index is 11.5. The van der Waals surface area contributed by atoms with Crippen molar-refractivity contribution < 1.29 is 9.53 Å². The smallest absolute Gasteiger partial charge is 0.310 e. The molecule has 1 atom stereocenters. The van der Waals surface area contributed by atoms with Gasteiger partial charge in [0, 0.05) is 30.0 Å². The number of aromatic nitrogens is 2. The van der Waals surface area contributed by atoms with E-state index in [1.807, 2.05) is 0 Å². The summed E-state index contributed by atoms with van der Waals surface area (Å²) in [6.45, 7) is 7.82. The van der Waals surface area contributed by atoms with Crippen molar-refractivity contribution in [2.24, 2.45) is 5.92 Å². The number of ether oxygens (including phenoxy) is 1. The van der Waals surface area contributed by atoms with Gasteiger partial charge in [0.1, 0.15) is 5.82 Å². The number of carbonyl (C=O) groups excluding carboxylic acids is 1. The first kappa shape index (κ1) is 13.3. The van der Waals surface area contributed by atoms with E-state index >= 15 is 0 Å². The molecule has 0 spiro atoms. The normalized spacial score (nSPS) is 20.2. The lowest BCUT2D eigenvalue weighted by Crippen LogP contribution is -2.23. The lowest BCUT2D eigenvalue weighted by atomic mass is 9.96. The fraction of sp³-hybridized carbons (Fsp3) is 0.750. The summed E-state index contributed by atoms with van der Waals surface area (Å²) in [6, 6.07) is 0. The zero-order chi connectivity index (χ0) is 13.3. The Morgan fingerprint density at radius 1 is 1.50 bits per heavy atom. The fourth-order valence-corrected chi connectivity index (χ4v) is 2.83. The quantitative estimate of drug-likeness (QED) is 0.767. The van der Waals surface area contributed by atoms with E-state index in [2.05, 4.69) is 35.0 Å². The monoisotopic (exact) mass is 269 g/mol. The van der Waals surface area contributed by atoms with Gasteiger partial charge in [-0.05, 0) is 6.42 Å². The predicted molar refractivity (Wildman–Crippen MR) is 70.9 cm³/mol. The van der Waals surface area contributed by atoms with Crippen molar-refractivity contribution in [2.45, 2.75) is 32.6 Å². The van der Waals surface area contributed by atoms with Crippen molar-refractivity contribution in [1.29, 1.82) is 0 Å². The van der Waals surface area contributed by atoms with E-state index in [9.17, 15) is 4.79 Å². The first-order valence-electron chi connectivity index (χ1n) is 6.09. The van der Waals surface area contributed by atoms with Crippen LogP contribution < -0.4 is 4.90 Å². The van der Waals surface area contributed by atoms with Gasteiger partial charge >= 0.3 is 5.97 Å². The van der Waals surface area contributed by atoms with Crippen LogP contribution in [-0.2, 0) is 14.9 Å². The fourth-order valence-electron chi connectivity index (χ4n) is 1.94. The number of nitrogens with zero attached hydrogens (tertiary/aromatic N) is 3. The molecule has 0 N–H and O–H groups in total. The highest BCUT2D eigenvalue weighted by Gasteiger charge is 2.31. The second-order valence-electron chi connectivity index (χ2n) is 5.61. The standard InChI is InChI=1S/C12H19N3O2S/c1-12(2,3)10-13-11(18-14-10)15-6-5-8(7-15)9(16)17-4/h8H,5-7H2,1-4H3. The van der Waals surface area contributed by atoms with Gasteiger partial charge in [0.2, 0.25) is 5.13 Å². The van der Waals surface area contributed by atoms with Gasteiger partial charge in [-0.25, -0.2) is 4.98 Å². The number of anilines is 1. The van der Waals surface area contributed by atoms with Crippen LogP contribution in [0.25, 0.3) is 0 Å². The van der Waals surface area contributed by atoms with Crippen LogP contribution in [0.1, 0.15) is 33.0 Å². The predicted octanol–water partition coefficient (Wildman–Crippen LogP) is 1.83. The summed E-state index contributed by atoms with van der Waals surface area (Å²) in [5.74, 6) is 0.707. The summed E-state index contributed by atoms with van der Waals surface area (Å²) in [6.07, 6.45) is 0.830. The highest BCUT2D eigenvalue weighted by molar-refractivity contribution is 7.09. The molecule has 0 saturated carbocycles. The van der Waals surface area contributed by atoms with Crippen LogP contribution in [-0.4, -0.2) is 35.5 Å². The van der Waals surface area contributed by atoms with Crippen LogP contribution in [0.15, 0.2) is 0 Å². The van der Waals surface area contributed by atoms with Gasteiger partial charge in [-0.2, -0.15) is 4.37 Å². The Morgan fingerprint density at radius 3 is 2.78 bits per heavy atom. The van der Waals surface area contributed by atoms with Crippen LogP contribution in [0.5, 0.6) is 0 Å². The number of esters is 1. The van der Waals surface area contributed by atoms with Crippen LogP contribution in [0.4, 0.5) is 5.13 Å². The summed E-state index contributed by atoms with van der Waals surface area (Å²) in [5, 5.41) is 0.909. The number of hydrogen-bond acceptors (Lipinski definition) is 6. The average Bonchev–Trinajstić information content (AvgIpc) is 2.94. The van der Waals surface area contributed by atoms with Gasteiger partial charge in [0.05, 0.1) is 13.0 Å². The lowest BCUT2D eigenvalue weighted by Gasteiger charge is -2.15. The molecule has 5 nitrogen and oxygen atoms in total. The molecule has 1 aromatic rings. The lowest BCUT2D eigenvalue weighted by molar-refractivity contribution is -0.144. The van der Waals surface area contributed by atoms with Gasteiger partial charge in [0.25, 0.3) is 0 Å². The van der Waals surface area contributed by atoms with Crippen molar-refractivity contribution in [2.75, 3.05) is 25.1 Å². The molecular weight excluding hydrogens is 250 g/mol. The Bertz CT molecular complexity index is 439. The van der Waals surface area contributed by atoms with Crippen LogP contribution in [0.3, 0.4) is 0 Å². The summed E-state index contributed by atoms with van der Waals surface area (Å²) in [7, 11) is 1.44. The van der Waals surface area contributed by atoms with E-state index in [4.69, 9.17) is 4.74 Å². The molecule has 0 aliphatic carbocycles. The third-order valence-electron chi connectivity index (χ3n) is 3.08. The third kappa shape index (κ3) is 2.63. The molecule has 2 rings (SSSR count). The Balaban J connectivity index is 2.06. The largest absolute Gasteiger partial charge is 0.469 e. The van der Waals surface area contributed by atoms with Crippen molar-refractivity contribution in [3.8, 4) is 0 Å². The molecule has 0 bridgehead atoms. The van der Waals surface area contributed by atoms with Gasteiger partial charge in [0.15, 0.2) is 0 Å². The molecule has 100 valence electrons. The highest BCUT2D eigenvalue weighted by Crippen LogP contribution is 2.29. The SMILES string of the molecule is COC(=O)C1CCN(c2nc(C(C)(C)C)ns2)C1. The Morgan fingerprint density at radius 2 is 2.22 bits per heavy atom.